The van der Waals surface area contributed by atoms with Crippen molar-refractivity contribution >= 4 is 11.6 Å². The van der Waals surface area contributed by atoms with E-state index in [0.717, 1.165) is 0 Å². The van der Waals surface area contributed by atoms with E-state index in [0.29, 0.717) is 17.8 Å². The molecule has 2 N–H and O–H groups in total. The molecule has 0 fully saturated rings. The summed E-state index contributed by atoms with van der Waals surface area (Å²) in [6, 6.07) is 9.30. The van der Waals surface area contributed by atoms with Gasteiger partial charge in [-0.05, 0) is 12.6 Å². The van der Waals surface area contributed by atoms with Gasteiger partial charge in [-0.2, -0.15) is 5.26 Å². The number of carbonyl (C=O) groups excluding carboxylic acids is 1. The van der Waals surface area contributed by atoms with E-state index in [-0.39, 0.29) is 5.91 Å². The number of nitrogens with one attached hydrogen (secondary N) is 2. The SMILES string of the molecule is CCN[C@@]1(C#N)C(=O)Nc2ccccc21. The minimum absolute atomic E-state index is 0.298. The van der Waals surface area contributed by atoms with Crippen LogP contribution in [0.3, 0.4) is 0 Å². The predicted octanol–water partition coefficient (Wildman–Crippen LogP) is 0.967. The smallest absolute Gasteiger partial charge is 0.264 e. The normalized spacial score (nSPS) is 23.1. The van der Waals surface area contributed by atoms with Crippen LogP contribution in [0.2, 0.25) is 0 Å². The van der Waals surface area contributed by atoms with E-state index in [1.165, 1.54) is 0 Å². The van der Waals surface area contributed by atoms with Crippen molar-refractivity contribution in [2.45, 2.75) is 12.5 Å². The molecule has 1 aromatic rings. The van der Waals surface area contributed by atoms with Crippen molar-refractivity contribution in [2.24, 2.45) is 0 Å². The Morgan fingerprint density at radius 2 is 2.27 bits per heavy atom. The predicted molar refractivity (Wildman–Crippen MR) is 56.0 cm³/mol. The van der Waals surface area contributed by atoms with Crippen LogP contribution in [0.1, 0.15) is 12.5 Å². The second-order valence-electron chi connectivity index (χ2n) is 3.39. The lowest BCUT2D eigenvalue weighted by atomic mass is 9.93. The summed E-state index contributed by atoms with van der Waals surface area (Å²) in [5.41, 5.74) is 0.204. The maximum atomic E-state index is 11.8. The van der Waals surface area contributed by atoms with Crippen molar-refractivity contribution in [2.75, 3.05) is 11.9 Å². The van der Waals surface area contributed by atoms with Crippen LogP contribution in [0.25, 0.3) is 0 Å². The molecule has 0 saturated heterocycles. The summed E-state index contributed by atoms with van der Waals surface area (Å²) in [5, 5.41) is 14.8. The van der Waals surface area contributed by atoms with Gasteiger partial charge in [0, 0.05) is 11.3 Å². The first-order chi connectivity index (χ1) is 7.24. The third kappa shape index (κ3) is 1.21. The van der Waals surface area contributed by atoms with Crippen LogP contribution in [0.4, 0.5) is 5.69 Å². The topological polar surface area (TPSA) is 64.9 Å². The van der Waals surface area contributed by atoms with E-state index in [4.69, 9.17) is 0 Å². The summed E-state index contributed by atoms with van der Waals surface area (Å²) >= 11 is 0. The monoisotopic (exact) mass is 201 g/mol. The molecule has 1 atom stereocenters. The van der Waals surface area contributed by atoms with Crippen molar-refractivity contribution < 1.29 is 4.79 Å². The molecular formula is C11H11N3O. The largest absolute Gasteiger partial charge is 0.323 e. The zero-order valence-corrected chi connectivity index (χ0v) is 8.37. The van der Waals surface area contributed by atoms with Crippen LogP contribution in [0, 0.1) is 11.3 Å². The van der Waals surface area contributed by atoms with E-state index in [9.17, 15) is 10.1 Å². The lowest BCUT2D eigenvalue weighted by Gasteiger charge is -2.19. The maximum absolute atomic E-state index is 11.8. The van der Waals surface area contributed by atoms with Crippen molar-refractivity contribution in [1.82, 2.24) is 5.32 Å². The van der Waals surface area contributed by atoms with E-state index < -0.39 is 5.54 Å². The van der Waals surface area contributed by atoms with Gasteiger partial charge in [0.25, 0.3) is 5.91 Å². The summed E-state index contributed by atoms with van der Waals surface area (Å²) in [5.74, 6) is -0.298. The number of para-hydroxylation sites is 1. The summed E-state index contributed by atoms with van der Waals surface area (Å²) in [7, 11) is 0. The van der Waals surface area contributed by atoms with Crippen molar-refractivity contribution in [3.63, 3.8) is 0 Å². The summed E-state index contributed by atoms with van der Waals surface area (Å²) in [6.07, 6.45) is 0. The standard InChI is InChI=1S/C11H11N3O/c1-2-13-11(7-12)8-5-3-4-6-9(8)14-10(11)15/h3-6,13H,2H2,1H3,(H,14,15)/t11-/m1/s1. The second-order valence-corrected chi connectivity index (χ2v) is 3.39. The van der Waals surface area contributed by atoms with Crippen molar-refractivity contribution in [3.05, 3.63) is 29.8 Å². The van der Waals surface area contributed by atoms with Gasteiger partial charge in [-0.25, -0.2) is 0 Å². The highest BCUT2D eigenvalue weighted by atomic mass is 16.2. The molecule has 0 saturated carbocycles. The van der Waals surface area contributed by atoms with Crippen molar-refractivity contribution in [1.29, 1.82) is 5.26 Å². The third-order valence-electron chi connectivity index (χ3n) is 2.53. The number of amides is 1. The van der Waals surface area contributed by atoms with Gasteiger partial charge in [0.2, 0.25) is 5.54 Å². The molecule has 15 heavy (non-hydrogen) atoms. The minimum Gasteiger partial charge on any atom is -0.323 e. The highest BCUT2D eigenvalue weighted by molar-refractivity contribution is 6.07. The zero-order valence-electron chi connectivity index (χ0n) is 8.37. The van der Waals surface area contributed by atoms with Gasteiger partial charge in [-0.3, -0.25) is 10.1 Å². The van der Waals surface area contributed by atoms with E-state index in [1.54, 1.807) is 12.1 Å². The number of rotatable bonds is 2. The van der Waals surface area contributed by atoms with Gasteiger partial charge in [0.05, 0.1) is 0 Å². The van der Waals surface area contributed by atoms with Gasteiger partial charge < -0.3 is 5.32 Å². The molecule has 4 nitrogen and oxygen atoms in total. The quantitative estimate of drug-likeness (QED) is 0.749. The molecule has 4 heteroatoms. The lowest BCUT2D eigenvalue weighted by Crippen LogP contribution is -2.46. The van der Waals surface area contributed by atoms with Gasteiger partial charge in [0.15, 0.2) is 0 Å². The minimum atomic E-state index is -1.22. The molecule has 0 aliphatic carbocycles. The van der Waals surface area contributed by atoms with E-state index in [2.05, 4.69) is 16.7 Å². The fourth-order valence-corrected chi connectivity index (χ4v) is 1.85. The third-order valence-corrected chi connectivity index (χ3v) is 2.53. The molecule has 0 radical (unpaired) electrons. The summed E-state index contributed by atoms with van der Waals surface area (Å²) in [4.78, 5) is 11.8. The molecule has 0 spiro atoms. The first kappa shape index (κ1) is 9.69. The second kappa shape index (κ2) is 3.37. The van der Waals surface area contributed by atoms with Gasteiger partial charge in [-0.15, -0.1) is 0 Å². The van der Waals surface area contributed by atoms with Gasteiger partial charge >= 0.3 is 0 Å². The Kier molecular flexibility index (Phi) is 2.18. The number of hydrogen-bond donors (Lipinski definition) is 2. The van der Waals surface area contributed by atoms with Crippen LogP contribution < -0.4 is 10.6 Å². The fraction of sp³-hybridized carbons (Fsp3) is 0.273. The van der Waals surface area contributed by atoms with Gasteiger partial charge in [-0.1, -0.05) is 25.1 Å². The molecule has 0 aromatic heterocycles. The molecule has 0 bridgehead atoms. The Balaban J connectivity index is 2.58. The zero-order chi connectivity index (χ0) is 10.9. The molecule has 1 aliphatic heterocycles. The first-order valence-electron chi connectivity index (χ1n) is 4.82. The molecule has 1 heterocycles. The van der Waals surface area contributed by atoms with Crippen LogP contribution in [0.15, 0.2) is 24.3 Å². The number of nitrogens with zero attached hydrogens (tertiary/aromatic N) is 1. The number of likely N-dealkylation sites (N-methyl/N-ethyl adjacent to an activating group) is 1. The van der Waals surface area contributed by atoms with Crippen LogP contribution >= 0.6 is 0 Å². The highest BCUT2D eigenvalue weighted by Crippen LogP contribution is 2.34. The summed E-state index contributed by atoms with van der Waals surface area (Å²) in [6.45, 7) is 2.43. The maximum Gasteiger partial charge on any atom is 0.264 e. The Morgan fingerprint density at radius 1 is 1.53 bits per heavy atom. The van der Waals surface area contributed by atoms with Gasteiger partial charge in [0.1, 0.15) is 6.07 Å². The number of nitriles is 1. The Labute approximate surface area is 87.9 Å². The van der Waals surface area contributed by atoms with Crippen molar-refractivity contribution in [3.8, 4) is 6.07 Å². The number of carbonyl (C=O) groups is 1. The molecule has 1 aromatic carbocycles. The van der Waals surface area contributed by atoms with E-state index >= 15 is 0 Å². The van der Waals surface area contributed by atoms with Crippen LogP contribution in [-0.2, 0) is 10.3 Å². The molecule has 76 valence electrons. The molecule has 2 rings (SSSR count). The Hall–Kier alpha value is -1.86. The first-order valence-corrected chi connectivity index (χ1v) is 4.82. The molecule has 1 amide bonds. The van der Waals surface area contributed by atoms with Crippen LogP contribution in [-0.4, -0.2) is 12.5 Å². The molecule has 0 unspecified atom stereocenters. The fourth-order valence-electron chi connectivity index (χ4n) is 1.85. The van der Waals surface area contributed by atoms with Crippen LogP contribution in [0.5, 0.6) is 0 Å². The molecular weight excluding hydrogens is 190 g/mol. The highest BCUT2D eigenvalue weighted by Gasteiger charge is 2.46. The number of hydrogen-bond acceptors (Lipinski definition) is 3. The average molecular weight is 201 g/mol. The summed E-state index contributed by atoms with van der Waals surface area (Å²) < 4.78 is 0. The Bertz CT molecular complexity index is 449. The average Bonchev–Trinajstić information content (AvgIpc) is 2.53. The number of benzene rings is 1. The number of anilines is 1. The van der Waals surface area contributed by atoms with E-state index in [1.807, 2.05) is 19.1 Å². The number of fused-ring (bicyclic) bond motifs is 1. The lowest BCUT2D eigenvalue weighted by molar-refractivity contribution is -0.120. The molecule has 1 aliphatic rings. The Morgan fingerprint density at radius 3 is 2.93 bits per heavy atom.